The van der Waals surface area contributed by atoms with E-state index in [-0.39, 0.29) is 23.1 Å². The van der Waals surface area contributed by atoms with Crippen molar-refractivity contribution in [2.75, 3.05) is 25.2 Å². The van der Waals surface area contributed by atoms with Crippen molar-refractivity contribution in [2.24, 2.45) is 0 Å². The lowest BCUT2D eigenvalue weighted by atomic mass is 9.95. The first kappa shape index (κ1) is 32.2. The minimum absolute atomic E-state index is 0.0712. The quantitative estimate of drug-likeness (QED) is 0.0563. The van der Waals surface area contributed by atoms with Crippen LogP contribution in [0.1, 0.15) is 34.6 Å². The molecule has 0 saturated heterocycles. The highest BCUT2D eigenvalue weighted by Gasteiger charge is 2.47. The Balaban J connectivity index is 1.41. The monoisotopic (exact) mass is 689 g/mol. The first-order chi connectivity index (χ1) is 22.8. The van der Waals surface area contributed by atoms with Crippen molar-refractivity contribution < 1.29 is 33.3 Å². The van der Waals surface area contributed by atoms with Gasteiger partial charge in [-0.3, -0.25) is 14.5 Å². The Bertz CT molecular complexity index is 2000. The van der Waals surface area contributed by atoms with Crippen molar-refractivity contribution in [3.05, 3.63) is 113 Å². The van der Waals surface area contributed by atoms with Gasteiger partial charge in [-0.15, -0.1) is 10.2 Å². The minimum atomic E-state index is -1.10. The van der Waals surface area contributed by atoms with Crippen LogP contribution in [-0.4, -0.2) is 47.3 Å². The summed E-state index contributed by atoms with van der Waals surface area (Å²) in [6.45, 7) is 6.10. The molecule has 240 valence electrons. The van der Waals surface area contributed by atoms with E-state index in [9.17, 15) is 14.7 Å². The molecule has 0 fully saturated rings. The van der Waals surface area contributed by atoms with E-state index in [1.807, 2.05) is 31.2 Å². The number of rotatable bonds is 13. The fourth-order valence-corrected chi connectivity index (χ4v) is 7.06. The Morgan fingerprint density at radius 3 is 2.66 bits per heavy atom. The second-order valence-corrected chi connectivity index (χ2v) is 12.8. The number of methoxy groups -OCH3 is 1. The number of carbonyl (C=O) groups is 2. The van der Waals surface area contributed by atoms with Gasteiger partial charge in [0, 0.05) is 16.2 Å². The Kier molecular flexibility index (Phi) is 9.53. The summed E-state index contributed by atoms with van der Waals surface area (Å²) in [5, 5.41) is 21.4. The van der Waals surface area contributed by atoms with Crippen molar-refractivity contribution in [1.29, 1.82) is 0 Å². The summed E-state index contributed by atoms with van der Waals surface area (Å²) in [5.41, 5.74) is 1.69. The number of hydrogen-bond acceptors (Lipinski definition) is 11. The molecule has 2 aromatic heterocycles. The zero-order valence-electron chi connectivity index (χ0n) is 25.3. The van der Waals surface area contributed by atoms with Gasteiger partial charge in [0.15, 0.2) is 38.7 Å². The van der Waals surface area contributed by atoms with Crippen LogP contribution in [0.4, 0.5) is 5.13 Å². The fraction of sp³-hybridized carbons (Fsp3) is 0.176. The first-order valence-corrected chi connectivity index (χ1v) is 16.6. The van der Waals surface area contributed by atoms with Crippen LogP contribution in [0.5, 0.6) is 17.2 Å². The van der Waals surface area contributed by atoms with E-state index >= 15 is 0 Å². The molecule has 47 heavy (non-hydrogen) atoms. The number of amides is 1. The number of Topliss-reactive ketones (excluding diaryl/α,β-unsaturated/α-hetero) is 1. The maximum Gasteiger partial charge on any atom is 0.296 e. The van der Waals surface area contributed by atoms with Gasteiger partial charge in [0.1, 0.15) is 6.61 Å². The number of hydrogen-bond donors (Lipinski definition) is 1. The Hall–Kier alpha value is -4.78. The van der Waals surface area contributed by atoms with E-state index in [4.69, 9.17) is 30.2 Å². The number of aromatic nitrogens is 2. The molecule has 1 atom stereocenters. The predicted molar refractivity (Wildman–Crippen MR) is 181 cm³/mol. The average molecular weight is 690 g/mol. The molecule has 1 amide bonds. The van der Waals surface area contributed by atoms with Crippen LogP contribution < -0.4 is 19.1 Å². The van der Waals surface area contributed by atoms with Gasteiger partial charge in [-0.1, -0.05) is 77.7 Å². The number of fused-ring (bicyclic) bond motifs is 1. The Morgan fingerprint density at radius 1 is 1.11 bits per heavy atom. The second kappa shape index (κ2) is 13.9. The fourth-order valence-electron chi connectivity index (χ4n) is 5.11. The van der Waals surface area contributed by atoms with E-state index in [1.165, 1.54) is 35.1 Å². The predicted octanol–water partition coefficient (Wildman–Crippen LogP) is 7.99. The maximum atomic E-state index is 14.2. The van der Waals surface area contributed by atoms with Gasteiger partial charge in [0.2, 0.25) is 10.9 Å². The molecule has 0 spiro atoms. The molecule has 1 aliphatic heterocycles. The largest absolute Gasteiger partial charge is 0.503 e. The molecule has 1 unspecified atom stereocenters. The smallest absolute Gasteiger partial charge is 0.296 e. The van der Waals surface area contributed by atoms with Gasteiger partial charge < -0.3 is 23.7 Å². The normalized spacial score (nSPS) is 14.6. The van der Waals surface area contributed by atoms with Crippen LogP contribution in [-0.2, 0) is 10.5 Å². The zero-order valence-corrected chi connectivity index (χ0v) is 27.7. The van der Waals surface area contributed by atoms with Crippen LogP contribution >= 0.6 is 34.7 Å². The topological polar surface area (TPSA) is 124 Å². The number of nitrogens with zero attached hydrogens (tertiary/aromatic N) is 3. The molecule has 0 radical (unpaired) electrons. The van der Waals surface area contributed by atoms with Crippen molar-refractivity contribution in [3.63, 3.8) is 0 Å². The van der Waals surface area contributed by atoms with E-state index in [0.717, 1.165) is 5.56 Å². The molecule has 3 heterocycles. The molecule has 0 saturated carbocycles. The highest BCUT2D eigenvalue weighted by molar-refractivity contribution is 8.00. The van der Waals surface area contributed by atoms with E-state index in [0.29, 0.717) is 55.5 Å². The van der Waals surface area contributed by atoms with Gasteiger partial charge in [-0.05, 0) is 54.4 Å². The van der Waals surface area contributed by atoms with Crippen LogP contribution in [0, 0.1) is 0 Å². The van der Waals surface area contributed by atoms with Crippen LogP contribution in [0.3, 0.4) is 0 Å². The lowest BCUT2D eigenvalue weighted by molar-refractivity contribution is -0.117. The molecule has 6 rings (SSSR count). The van der Waals surface area contributed by atoms with Gasteiger partial charge in [0.05, 0.1) is 25.3 Å². The number of anilines is 1. The summed E-state index contributed by atoms with van der Waals surface area (Å²) in [6, 6.07) is 18.2. The lowest BCUT2D eigenvalue weighted by Crippen LogP contribution is -2.31. The number of carbonyl (C=O) groups excluding carboxylic acids is 2. The van der Waals surface area contributed by atoms with Gasteiger partial charge >= 0.3 is 0 Å². The number of ketones is 1. The lowest BCUT2D eigenvalue weighted by Gasteiger charge is -2.24. The molecular formula is C34H28ClN3O7S2. The number of para-hydroxylation sites is 1. The summed E-state index contributed by atoms with van der Waals surface area (Å²) >= 11 is 8.62. The molecule has 0 bridgehead atoms. The molecule has 10 nitrogen and oxygen atoms in total. The van der Waals surface area contributed by atoms with Crippen LogP contribution in [0.25, 0.3) is 11.0 Å². The Labute approximate surface area is 283 Å². The highest BCUT2D eigenvalue weighted by atomic mass is 35.5. The van der Waals surface area contributed by atoms with Crippen molar-refractivity contribution in [1.82, 2.24) is 10.2 Å². The summed E-state index contributed by atoms with van der Waals surface area (Å²) in [6.07, 6.45) is 1.61. The summed E-state index contributed by atoms with van der Waals surface area (Å²) < 4.78 is 23.6. The molecule has 13 heteroatoms. The molecular weight excluding hydrogens is 662 g/mol. The molecule has 1 aliphatic rings. The number of benzene rings is 3. The number of aliphatic hydroxyl groups excluding tert-OH is 1. The van der Waals surface area contributed by atoms with Crippen molar-refractivity contribution in [2.45, 2.75) is 23.1 Å². The first-order valence-electron chi connectivity index (χ1n) is 14.4. The van der Waals surface area contributed by atoms with E-state index in [1.54, 1.807) is 48.5 Å². The van der Waals surface area contributed by atoms with E-state index < -0.39 is 23.5 Å². The third kappa shape index (κ3) is 6.44. The summed E-state index contributed by atoms with van der Waals surface area (Å²) in [7, 11) is 1.50. The van der Waals surface area contributed by atoms with E-state index in [2.05, 4.69) is 16.8 Å². The number of halogens is 1. The molecule has 5 aromatic rings. The summed E-state index contributed by atoms with van der Waals surface area (Å²) in [5.74, 6) is -0.391. The van der Waals surface area contributed by atoms with Gasteiger partial charge in [0.25, 0.3) is 5.91 Å². The summed E-state index contributed by atoms with van der Waals surface area (Å²) in [4.78, 5) is 29.3. The second-order valence-electron chi connectivity index (χ2n) is 10.2. The Morgan fingerprint density at radius 2 is 1.91 bits per heavy atom. The highest BCUT2D eigenvalue weighted by Crippen LogP contribution is 2.46. The van der Waals surface area contributed by atoms with Gasteiger partial charge in [-0.2, -0.15) is 0 Å². The zero-order chi connectivity index (χ0) is 33.1. The number of ether oxygens (including phenoxy) is 3. The average Bonchev–Trinajstić information content (AvgIpc) is 3.80. The van der Waals surface area contributed by atoms with Crippen LogP contribution in [0.15, 0.2) is 99.5 Å². The number of aliphatic hydroxyl groups is 1. The van der Waals surface area contributed by atoms with Gasteiger partial charge in [-0.25, -0.2) is 0 Å². The molecule has 3 aromatic carbocycles. The maximum absolute atomic E-state index is 14.2. The minimum Gasteiger partial charge on any atom is -0.503 e. The number of thioether (sulfide) groups is 1. The third-order valence-electron chi connectivity index (χ3n) is 7.22. The standard InChI is InChI=1S/C34H28ClN3O7S2/c1-4-15-44-23-14-11-20(16-25(23)43-5-2)28-27(29(39)26-17-21-7-6-8-24(42-3)31(21)45-26)30(40)32(41)38(28)33-36-37-34(47-33)46-18-19-9-12-22(35)13-10-19/h4,6-14,16-17,28,40H,1,5,15,18H2,2-3H3. The SMILES string of the molecule is C=CCOc1ccc(C2C(C(=O)c3cc4cccc(OC)c4o3)=C(O)C(=O)N2c2nnc(SCc3ccc(Cl)cc3)s2)cc1OCC. The van der Waals surface area contributed by atoms with Crippen molar-refractivity contribution in [3.8, 4) is 17.2 Å². The van der Waals surface area contributed by atoms with Crippen LogP contribution in [0.2, 0.25) is 5.02 Å². The number of furan rings is 1. The third-order valence-corrected chi connectivity index (χ3v) is 9.60. The van der Waals surface area contributed by atoms with Crippen molar-refractivity contribution >= 4 is 62.5 Å². The molecule has 1 N–H and O–H groups in total. The molecule has 0 aliphatic carbocycles.